The van der Waals surface area contributed by atoms with Crippen molar-refractivity contribution in [1.82, 2.24) is 0 Å². The molecule has 1 saturated carbocycles. The molecule has 1 unspecified atom stereocenters. The van der Waals surface area contributed by atoms with Crippen LogP contribution in [0.5, 0.6) is 0 Å². The molecular formula is C12H19NO. The number of hydrogen-bond acceptors (Lipinski definition) is 2. The zero-order chi connectivity index (χ0) is 10.6. The van der Waals surface area contributed by atoms with Crippen molar-refractivity contribution in [2.45, 2.75) is 46.0 Å². The lowest BCUT2D eigenvalue weighted by Gasteiger charge is -2.26. The van der Waals surface area contributed by atoms with Crippen molar-refractivity contribution < 1.29 is 4.79 Å². The molecule has 1 aliphatic rings. The Morgan fingerprint density at radius 3 is 2.43 bits per heavy atom. The molecule has 0 saturated heterocycles. The summed E-state index contributed by atoms with van der Waals surface area (Å²) in [6, 6.07) is 2.11. The van der Waals surface area contributed by atoms with Crippen LogP contribution in [0.1, 0.15) is 46.0 Å². The summed E-state index contributed by atoms with van der Waals surface area (Å²) in [5.74, 6) is 0.785. The third-order valence-electron chi connectivity index (χ3n) is 3.33. The molecule has 0 amide bonds. The average Bonchev–Trinajstić information content (AvgIpc) is 2.20. The van der Waals surface area contributed by atoms with E-state index < -0.39 is 0 Å². The molecule has 0 spiro atoms. The highest BCUT2D eigenvalue weighted by atomic mass is 16.1. The number of Topliss-reactive ketones (excluding diaryl/α,β-unsaturated/α-hetero) is 1. The van der Waals surface area contributed by atoms with Gasteiger partial charge in [-0.2, -0.15) is 5.26 Å². The predicted octanol–water partition coefficient (Wildman–Crippen LogP) is 2.93. The summed E-state index contributed by atoms with van der Waals surface area (Å²) < 4.78 is 0. The number of carbonyl (C=O) groups excluding carboxylic acids is 1. The number of carbonyl (C=O) groups is 1. The number of nitriles is 1. The average molecular weight is 193 g/mol. The molecule has 0 aromatic carbocycles. The summed E-state index contributed by atoms with van der Waals surface area (Å²) >= 11 is 0. The molecule has 2 heteroatoms. The first kappa shape index (κ1) is 11.2. The molecule has 0 aromatic heterocycles. The van der Waals surface area contributed by atoms with Crippen molar-refractivity contribution in [2.24, 2.45) is 17.8 Å². The summed E-state index contributed by atoms with van der Waals surface area (Å²) in [6.45, 7) is 4.15. The van der Waals surface area contributed by atoms with Gasteiger partial charge in [0, 0.05) is 5.92 Å². The van der Waals surface area contributed by atoms with Crippen LogP contribution < -0.4 is 0 Å². The highest BCUT2D eigenvalue weighted by molar-refractivity contribution is 5.85. The van der Waals surface area contributed by atoms with E-state index in [1.165, 1.54) is 0 Å². The van der Waals surface area contributed by atoms with Gasteiger partial charge in [-0.1, -0.05) is 26.7 Å². The Hall–Kier alpha value is -0.840. The second-order valence-electron chi connectivity index (χ2n) is 4.45. The molecular weight excluding hydrogens is 174 g/mol. The molecule has 0 bridgehead atoms. The van der Waals surface area contributed by atoms with E-state index in [-0.39, 0.29) is 17.6 Å². The smallest absolute Gasteiger partial charge is 0.153 e. The fourth-order valence-electron chi connectivity index (χ4n) is 2.19. The minimum atomic E-state index is -0.353. The van der Waals surface area contributed by atoms with Crippen molar-refractivity contribution in [3.05, 3.63) is 0 Å². The number of rotatable bonds is 3. The molecule has 1 atom stereocenters. The van der Waals surface area contributed by atoms with Gasteiger partial charge in [-0.05, 0) is 25.2 Å². The minimum Gasteiger partial charge on any atom is -0.298 e. The van der Waals surface area contributed by atoms with Crippen molar-refractivity contribution in [1.29, 1.82) is 5.26 Å². The van der Waals surface area contributed by atoms with E-state index in [4.69, 9.17) is 5.26 Å². The molecule has 0 aromatic rings. The summed E-state index contributed by atoms with van der Waals surface area (Å²) in [4.78, 5) is 11.8. The molecule has 0 aliphatic heterocycles. The topological polar surface area (TPSA) is 40.9 Å². The van der Waals surface area contributed by atoms with Gasteiger partial charge in [0.1, 0.15) is 5.92 Å². The standard InChI is InChI=1S/C12H19NO/c1-3-10(8-13)12(14)11-6-4-9(2)5-7-11/h9-11H,3-7H2,1-2H3. The van der Waals surface area contributed by atoms with Crippen LogP contribution in [-0.4, -0.2) is 5.78 Å². The van der Waals surface area contributed by atoms with Crippen LogP contribution in [-0.2, 0) is 4.79 Å². The quantitative estimate of drug-likeness (QED) is 0.691. The van der Waals surface area contributed by atoms with Gasteiger partial charge in [-0.25, -0.2) is 0 Å². The van der Waals surface area contributed by atoms with Crippen LogP contribution in [0.3, 0.4) is 0 Å². The van der Waals surface area contributed by atoms with Crippen LogP contribution in [0, 0.1) is 29.1 Å². The maximum atomic E-state index is 11.8. The van der Waals surface area contributed by atoms with Crippen molar-refractivity contribution in [3.8, 4) is 6.07 Å². The van der Waals surface area contributed by atoms with E-state index >= 15 is 0 Å². The van der Waals surface area contributed by atoms with Gasteiger partial charge >= 0.3 is 0 Å². The number of nitrogens with zero attached hydrogens (tertiary/aromatic N) is 1. The van der Waals surface area contributed by atoms with Gasteiger partial charge in [-0.3, -0.25) is 4.79 Å². The third-order valence-corrected chi connectivity index (χ3v) is 3.33. The maximum absolute atomic E-state index is 11.8. The van der Waals surface area contributed by atoms with Gasteiger partial charge in [0.15, 0.2) is 5.78 Å². The monoisotopic (exact) mass is 193 g/mol. The molecule has 2 nitrogen and oxygen atoms in total. The number of ketones is 1. The van der Waals surface area contributed by atoms with E-state index in [0.29, 0.717) is 6.42 Å². The Morgan fingerprint density at radius 2 is 2.00 bits per heavy atom. The van der Waals surface area contributed by atoms with Crippen LogP contribution >= 0.6 is 0 Å². The lowest BCUT2D eigenvalue weighted by Crippen LogP contribution is -2.26. The molecule has 78 valence electrons. The van der Waals surface area contributed by atoms with E-state index in [1.54, 1.807) is 0 Å². The zero-order valence-corrected chi connectivity index (χ0v) is 9.12. The van der Waals surface area contributed by atoms with E-state index in [2.05, 4.69) is 13.0 Å². The van der Waals surface area contributed by atoms with Gasteiger partial charge in [0.25, 0.3) is 0 Å². The molecule has 1 aliphatic carbocycles. The Balaban J connectivity index is 2.49. The molecule has 1 fully saturated rings. The molecule has 1 rings (SSSR count). The fraction of sp³-hybridized carbons (Fsp3) is 0.833. The predicted molar refractivity (Wildman–Crippen MR) is 55.5 cm³/mol. The first-order valence-electron chi connectivity index (χ1n) is 5.62. The lowest BCUT2D eigenvalue weighted by molar-refractivity contribution is -0.126. The number of hydrogen-bond donors (Lipinski definition) is 0. The van der Waals surface area contributed by atoms with Crippen LogP contribution in [0.4, 0.5) is 0 Å². The van der Waals surface area contributed by atoms with Crippen LogP contribution in [0.2, 0.25) is 0 Å². The first-order valence-corrected chi connectivity index (χ1v) is 5.62. The van der Waals surface area contributed by atoms with Gasteiger partial charge in [0.05, 0.1) is 6.07 Å². The molecule has 0 heterocycles. The SMILES string of the molecule is CCC(C#N)C(=O)C1CCC(C)CC1. The molecule has 14 heavy (non-hydrogen) atoms. The lowest BCUT2D eigenvalue weighted by atomic mass is 9.78. The molecule has 0 N–H and O–H groups in total. The molecule has 0 radical (unpaired) electrons. The Morgan fingerprint density at radius 1 is 1.43 bits per heavy atom. The van der Waals surface area contributed by atoms with Crippen LogP contribution in [0.15, 0.2) is 0 Å². The van der Waals surface area contributed by atoms with Crippen molar-refractivity contribution in [3.63, 3.8) is 0 Å². The largest absolute Gasteiger partial charge is 0.298 e. The van der Waals surface area contributed by atoms with Crippen LogP contribution in [0.25, 0.3) is 0 Å². The van der Waals surface area contributed by atoms with Crippen molar-refractivity contribution in [2.75, 3.05) is 0 Å². The second-order valence-corrected chi connectivity index (χ2v) is 4.45. The van der Waals surface area contributed by atoms with Gasteiger partial charge in [0.2, 0.25) is 0 Å². The Bertz CT molecular complexity index is 233. The van der Waals surface area contributed by atoms with Gasteiger partial charge in [-0.15, -0.1) is 0 Å². The highest BCUT2D eigenvalue weighted by Crippen LogP contribution is 2.30. The maximum Gasteiger partial charge on any atom is 0.153 e. The van der Waals surface area contributed by atoms with E-state index in [9.17, 15) is 4.79 Å². The summed E-state index contributed by atoms with van der Waals surface area (Å²) in [7, 11) is 0. The van der Waals surface area contributed by atoms with Gasteiger partial charge < -0.3 is 0 Å². The summed E-state index contributed by atoms with van der Waals surface area (Å²) in [5.41, 5.74) is 0. The highest BCUT2D eigenvalue weighted by Gasteiger charge is 2.28. The Labute approximate surface area is 86.3 Å². The van der Waals surface area contributed by atoms with E-state index in [0.717, 1.165) is 31.6 Å². The second kappa shape index (κ2) is 5.14. The fourth-order valence-corrected chi connectivity index (χ4v) is 2.19. The Kier molecular flexibility index (Phi) is 4.13. The third kappa shape index (κ3) is 2.57. The normalized spacial score (nSPS) is 29.2. The first-order chi connectivity index (χ1) is 6.69. The summed E-state index contributed by atoms with van der Waals surface area (Å²) in [6.07, 6.45) is 4.97. The zero-order valence-electron chi connectivity index (χ0n) is 9.12. The van der Waals surface area contributed by atoms with Crippen molar-refractivity contribution >= 4 is 5.78 Å². The summed E-state index contributed by atoms with van der Waals surface area (Å²) in [5, 5.41) is 8.81. The minimum absolute atomic E-state index is 0.177. The van der Waals surface area contributed by atoms with E-state index in [1.807, 2.05) is 6.92 Å².